The number of carboxylic acid groups (broad SMARTS) is 1. The van der Waals surface area contributed by atoms with Crippen LogP contribution in [0.3, 0.4) is 0 Å². The van der Waals surface area contributed by atoms with E-state index in [1.54, 1.807) is 6.92 Å². The highest BCUT2D eigenvalue weighted by molar-refractivity contribution is 7.88. The van der Waals surface area contributed by atoms with Crippen molar-refractivity contribution in [3.05, 3.63) is 0 Å². The molecular weight excluding hydrogens is 190 g/mol. The van der Waals surface area contributed by atoms with Crippen LogP contribution in [0.25, 0.3) is 0 Å². The first-order valence-corrected chi connectivity index (χ1v) is 5.12. The van der Waals surface area contributed by atoms with Crippen LogP contribution in [0.4, 0.5) is 0 Å². The monoisotopic (exact) mass is 203 g/mol. The van der Waals surface area contributed by atoms with E-state index in [1.807, 2.05) is 6.07 Å². The van der Waals surface area contributed by atoms with Gasteiger partial charge in [0.05, 0.1) is 16.9 Å². The molecule has 0 saturated heterocycles. The fraction of sp³-hybridized carbons (Fsp3) is 0.750. The lowest BCUT2D eigenvalue weighted by Gasteiger charge is -2.20. The molecule has 0 amide bonds. The molecule has 0 aromatic heterocycles. The maximum Gasteiger partial charge on any atom is 0.321 e. The highest BCUT2D eigenvalue weighted by Gasteiger charge is 2.38. The van der Waals surface area contributed by atoms with Crippen molar-refractivity contribution in [1.29, 1.82) is 5.26 Å². The Morgan fingerprint density at radius 3 is 2.38 bits per heavy atom. The number of hydrogen-bond donors (Lipinski definition) is 1. The standard InChI is InChI=1S/C8H13NO3S/c1-4-6(5-9)13(12)8(2,3)7(10)11/h6H,4H2,1-3H3,(H,10,11). The fourth-order valence-electron chi connectivity index (χ4n) is 0.732. The smallest absolute Gasteiger partial charge is 0.321 e. The molecule has 0 fully saturated rings. The number of aliphatic carboxylic acids is 1. The second kappa shape index (κ2) is 4.38. The summed E-state index contributed by atoms with van der Waals surface area (Å²) in [7, 11) is -1.66. The lowest BCUT2D eigenvalue weighted by atomic mass is 10.2. The third-order valence-electron chi connectivity index (χ3n) is 1.79. The zero-order chi connectivity index (χ0) is 10.6. The van der Waals surface area contributed by atoms with Crippen molar-refractivity contribution in [2.24, 2.45) is 0 Å². The Bertz CT molecular complexity index is 267. The van der Waals surface area contributed by atoms with Crippen LogP contribution in [0, 0.1) is 11.3 Å². The van der Waals surface area contributed by atoms with Crippen LogP contribution in [0.1, 0.15) is 27.2 Å². The minimum absolute atomic E-state index is 0.403. The number of rotatable bonds is 4. The van der Waals surface area contributed by atoms with Crippen LogP contribution in [-0.2, 0) is 15.6 Å². The molecule has 0 aromatic rings. The van der Waals surface area contributed by atoms with Crippen LogP contribution in [0.15, 0.2) is 0 Å². The number of carbonyl (C=O) groups is 1. The molecule has 74 valence electrons. The fourth-order valence-corrected chi connectivity index (χ4v) is 2.01. The van der Waals surface area contributed by atoms with Gasteiger partial charge in [-0.25, -0.2) is 0 Å². The molecule has 0 aromatic carbocycles. The molecule has 0 spiro atoms. The van der Waals surface area contributed by atoms with Crippen molar-refractivity contribution >= 4 is 16.8 Å². The van der Waals surface area contributed by atoms with E-state index in [1.165, 1.54) is 13.8 Å². The molecule has 2 unspecified atom stereocenters. The first-order chi connectivity index (χ1) is 5.87. The van der Waals surface area contributed by atoms with Crippen LogP contribution in [0.2, 0.25) is 0 Å². The molecule has 0 rings (SSSR count). The van der Waals surface area contributed by atoms with Gasteiger partial charge in [-0.2, -0.15) is 5.26 Å². The molecule has 0 aliphatic heterocycles. The Balaban J connectivity index is 4.79. The van der Waals surface area contributed by atoms with Gasteiger partial charge >= 0.3 is 5.97 Å². The largest absolute Gasteiger partial charge is 0.480 e. The van der Waals surface area contributed by atoms with E-state index in [0.29, 0.717) is 6.42 Å². The van der Waals surface area contributed by atoms with Gasteiger partial charge in [-0.1, -0.05) is 6.92 Å². The second-order valence-corrected chi connectivity index (χ2v) is 5.32. The van der Waals surface area contributed by atoms with Gasteiger partial charge in [0.2, 0.25) is 0 Å². The molecule has 0 bridgehead atoms. The van der Waals surface area contributed by atoms with Gasteiger partial charge < -0.3 is 5.11 Å². The molecule has 0 heterocycles. The third-order valence-corrected chi connectivity index (χ3v) is 3.93. The predicted octanol–water partition coefficient (Wildman–Crippen LogP) is 0.900. The lowest BCUT2D eigenvalue weighted by molar-refractivity contribution is -0.139. The summed E-state index contributed by atoms with van der Waals surface area (Å²) in [6, 6.07) is 1.85. The first-order valence-electron chi connectivity index (χ1n) is 3.91. The van der Waals surface area contributed by atoms with Crippen molar-refractivity contribution in [2.75, 3.05) is 0 Å². The molecule has 0 radical (unpaired) electrons. The van der Waals surface area contributed by atoms with Crippen molar-refractivity contribution in [1.82, 2.24) is 0 Å². The Hall–Kier alpha value is -0.890. The van der Waals surface area contributed by atoms with E-state index < -0.39 is 26.8 Å². The normalized spacial score (nSPS) is 15.8. The predicted molar refractivity (Wildman–Crippen MR) is 49.5 cm³/mol. The molecule has 5 heteroatoms. The van der Waals surface area contributed by atoms with Crippen molar-refractivity contribution in [3.63, 3.8) is 0 Å². The van der Waals surface area contributed by atoms with Crippen molar-refractivity contribution < 1.29 is 14.1 Å². The van der Waals surface area contributed by atoms with E-state index in [-0.39, 0.29) is 0 Å². The summed E-state index contributed by atoms with van der Waals surface area (Å²) in [5.74, 6) is -1.14. The topological polar surface area (TPSA) is 78.2 Å². The van der Waals surface area contributed by atoms with Crippen LogP contribution in [0.5, 0.6) is 0 Å². The quantitative estimate of drug-likeness (QED) is 0.736. The Morgan fingerprint density at radius 2 is 2.15 bits per heavy atom. The number of nitrogens with zero attached hydrogens (tertiary/aromatic N) is 1. The summed E-state index contributed by atoms with van der Waals surface area (Å²) in [5, 5.41) is 16.7. The third kappa shape index (κ3) is 2.52. The molecule has 13 heavy (non-hydrogen) atoms. The van der Waals surface area contributed by atoms with Gasteiger partial charge in [-0.15, -0.1) is 0 Å². The lowest BCUT2D eigenvalue weighted by Crippen LogP contribution is -2.40. The van der Waals surface area contributed by atoms with Gasteiger partial charge in [-0.05, 0) is 20.3 Å². The van der Waals surface area contributed by atoms with E-state index in [9.17, 15) is 9.00 Å². The number of carboxylic acids is 1. The zero-order valence-corrected chi connectivity index (χ0v) is 8.72. The minimum Gasteiger partial charge on any atom is -0.480 e. The summed E-state index contributed by atoms with van der Waals surface area (Å²) < 4.78 is 10.2. The zero-order valence-electron chi connectivity index (χ0n) is 7.90. The number of hydrogen-bond acceptors (Lipinski definition) is 3. The molecule has 4 nitrogen and oxygen atoms in total. The maximum absolute atomic E-state index is 11.6. The molecule has 1 N–H and O–H groups in total. The van der Waals surface area contributed by atoms with Gasteiger partial charge in [0.15, 0.2) is 0 Å². The maximum atomic E-state index is 11.6. The molecule has 2 atom stereocenters. The van der Waals surface area contributed by atoms with Gasteiger partial charge in [0, 0.05) is 0 Å². The molecule has 0 saturated carbocycles. The average molecular weight is 203 g/mol. The first kappa shape index (κ1) is 12.1. The van der Waals surface area contributed by atoms with E-state index in [4.69, 9.17) is 10.4 Å². The van der Waals surface area contributed by atoms with Crippen LogP contribution in [-0.4, -0.2) is 25.3 Å². The summed E-state index contributed by atoms with van der Waals surface area (Å²) in [5.41, 5.74) is 0. The Morgan fingerprint density at radius 1 is 1.69 bits per heavy atom. The second-order valence-electron chi connectivity index (χ2n) is 3.14. The van der Waals surface area contributed by atoms with E-state index >= 15 is 0 Å². The molecule has 0 aliphatic rings. The number of nitriles is 1. The highest BCUT2D eigenvalue weighted by atomic mass is 32.2. The van der Waals surface area contributed by atoms with Gasteiger partial charge in [-0.3, -0.25) is 9.00 Å². The van der Waals surface area contributed by atoms with E-state index in [2.05, 4.69) is 0 Å². The summed E-state index contributed by atoms with van der Waals surface area (Å²) in [6.07, 6.45) is 0.403. The van der Waals surface area contributed by atoms with Crippen molar-refractivity contribution in [2.45, 2.75) is 37.2 Å². The summed E-state index contributed by atoms with van der Waals surface area (Å²) in [6.45, 7) is 4.45. The average Bonchev–Trinajstić information content (AvgIpc) is 2.06. The minimum atomic E-state index is -1.66. The van der Waals surface area contributed by atoms with Crippen LogP contribution < -0.4 is 0 Å². The van der Waals surface area contributed by atoms with Crippen molar-refractivity contribution in [3.8, 4) is 6.07 Å². The summed E-state index contributed by atoms with van der Waals surface area (Å²) >= 11 is 0. The SMILES string of the molecule is CCC(C#N)S(=O)C(C)(C)C(=O)O. The van der Waals surface area contributed by atoms with Gasteiger partial charge in [0.25, 0.3) is 0 Å². The van der Waals surface area contributed by atoms with Gasteiger partial charge in [0.1, 0.15) is 10.00 Å². The Labute approximate surface area is 80.0 Å². The van der Waals surface area contributed by atoms with E-state index in [0.717, 1.165) is 0 Å². The Kier molecular flexibility index (Phi) is 4.08. The molecular formula is C8H13NO3S. The summed E-state index contributed by atoms with van der Waals surface area (Å²) in [4.78, 5) is 10.7. The molecule has 0 aliphatic carbocycles. The van der Waals surface area contributed by atoms with Crippen LogP contribution >= 0.6 is 0 Å². The highest BCUT2D eigenvalue weighted by Crippen LogP contribution is 2.18.